The van der Waals surface area contributed by atoms with Crippen molar-refractivity contribution in [2.45, 2.75) is 12.5 Å². The van der Waals surface area contributed by atoms with Crippen LogP contribution in [0, 0.1) is 0 Å². The highest BCUT2D eigenvalue weighted by Gasteiger charge is 2.39. The van der Waals surface area contributed by atoms with Crippen molar-refractivity contribution in [1.29, 1.82) is 0 Å². The Morgan fingerprint density at radius 2 is 1.90 bits per heavy atom. The third kappa shape index (κ3) is 2.73. The van der Waals surface area contributed by atoms with Crippen molar-refractivity contribution in [3.63, 3.8) is 0 Å². The molecule has 0 radical (unpaired) electrons. The van der Waals surface area contributed by atoms with Gasteiger partial charge < -0.3 is 5.32 Å². The van der Waals surface area contributed by atoms with Crippen LogP contribution in [-0.4, -0.2) is 22.8 Å². The van der Waals surface area contributed by atoms with Gasteiger partial charge >= 0.3 is 0 Å². The van der Waals surface area contributed by atoms with Crippen LogP contribution >= 0.6 is 11.6 Å². The summed E-state index contributed by atoms with van der Waals surface area (Å²) in [5.74, 6) is 0.0149. The molecule has 1 fully saturated rings. The molecule has 21 heavy (non-hydrogen) atoms. The minimum Gasteiger partial charge on any atom is -0.358 e. The highest BCUT2D eigenvalue weighted by molar-refractivity contribution is 6.30. The number of hydrogen-bond acceptors (Lipinski definition) is 4. The van der Waals surface area contributed by atoms with Crippen LogP contribution in [0.15, 0.2) is 48.7 Å². The molecule has 2 heterocycles. The molecular weight excluding hydrogens is 290 g/mol. The lowest BCUT2D eigenvalue weighted by molar-refractivity contribution is -0.121. The van der Waals surface area contributed by atoms with Crippen molar-refractivity contribution in [3.05, 3.63) is 53.7 Å². The molecule has 1 atom stereocenters. The first kappa shape index (κ1) is 13.6. The first-order valence-electron chi connectivity index (χ1n) is 6.45. The maximum Gasteiger partial charge on any atom is 0.256 e. The molecule has 0 bridgehead atoms. The first-order chi connectivity index (χ1) is 10.1. The van der Waals surface area contributed by atoms with Gasteiger partial charge in [0.25, 0.3) is 5.91 Å². The van der Waals surface area contributed by atoms with Gasteiger partial charge in [-0.05, 0) is 24.3 Å². The van der Waals surface area contributed by atoms with Crippen molar-refractivity contribution >= 4 is 34.9 Å². The van der Waals surface area contributed by atoms with Crippen molar-refractivity contribution in [2.75, 3.05) is 10.2 Å². The van der Waals surface area contributed by atoms with E-state index in [4.69, 9.17) is 11.6 Å². The Hall–Kier alpha value is -2.40. The molecule has 0 aliphatic carbocycles. The topological polar surface area (TPSA) is 62.3 Å². The molecule has 3 rings (SSSR count). The summed E-state index contributed by atoms with van der Waals surface area (Å²) < 4.78 is 0. The summed E-state index contributed by atoms with van der Waals surface area (Å²) in [6.45, 7) is 0. The number of aromatic nitrogens is 1. The lowest BCUT2D eigenvalue weighted by Gasteiger charge is -2.15. The summed E-state index contributed by atoms with van der Waals surface area (Å²) in [6.07, 6.45) is 1.60. The molecule has 1 aliphatic rings. The molecule has 1 aromatic carbocycles. The number of para-hydroxylation sites is 1. The molecule has 1 N–H and O–H groups in total. The molecule has 5 nitrogen and oxygen atoms in total. The normalized spacial score (nSPS) is 18.1. The minimum atomic E-state index is -0.605. The number of carbonyl (C=O) groups excluding carboxylic acids is 2. The Kier molecular flexibility index (Phi) is 3.58. The van der Waals surface area contributed by atoms with E-state index >= 15 is 0 Å². The lowest BCUT2D eigenvalue weighted by Crippen LogP contribution is -2.34. The van der Waals surface area contributed by atoms with Gasteiger partial charge in [0.2, 0.25) is 5.91 Å². The van der Waals surface area contributed by atoms with Gasteiger partial charge in [0.15, 0.2) is 0 Å². The highest BCUT2D eigenvalue weighted by Crippen LogP contribution is 2.24. The molecule has 106 valence electrons. The lowest BCUT2D eigenvalue weighted by atomic mass is 10.2. The maximum absolute atomic E-state index is 12.4. The number of amides is 2. The van der Waals surface area contributed by atoms with E-state index in [1.807, 2.05) is 6.07 Å². The quantitative estimate of drug-likeness (QED) is 0.885. The van der Waals surface area contributed by atoms with Crippen LogP contribution < -0.4 is 10.2 Å². The Bertz CT molecular complexity index is 673. The van der Waals surface area contributed by atoms with Crippen molar-refractivity contribution in [2.24, 2.45) is 0 Å². The molecule has 0 saturated carbocycles. The van der Waals surface area contributed by atoms with Crippen molar-refractivity contribution in [3.8, 4) is 0 Å². The van der Waals surface area contributed by atoms with Crippen LogP contribution in [0.25, 0.3) is 0 Å². The van der Waals surface area contributed by atoms with E-state index in [1.165, 1.54) is 11.1 Å². The van der Waals surface area contributed by atoms with Crippen molar-refractivity contribution in [1.82, 2.24) is 4.98 Å². The Balaban J connectivity index is 1.79. The smallest absolute Gasteiger partial charge is 0.256 e. The zero-order valence-electron chi connectivity index (χ0n) is 11.0. The van der Waals surface area contributed by atoms with Gasteiger partial charge in [-0.2, -0.15) is 0 Å². The van der Waals surface area contributed by atoms with Crippen LogP contribution in [0.5, 0.6) is 0 Å². The molecule has 6 heteroatoms. The number of carbonyl (C=O) groups is 2. The average Bonchev–Trinajstić information content (AvgIpc) is 2.77. The SMILES string of the molecule is O=C1CC(Nc2ccc(Cl)cn2)C(=O)N1c1ccccc1. The predicted octanol–water partition coefficient (Wildman–Crippen LogP) is 2.48. The van der Waals surface area contributed by atoms with E-state index in [2.05, 4.69) is 10.3 Å². The molecule has 1 aliphatic heterocycles. The summed E-state index contributed by atoms with van der Waals surface area (Å²) >= 11 is 5.76. The third-order valence-electron chi connectivity index (χ3n) is 3.21. The van der Waals surface area contributed by atoms with Gasteiger partial charge in [0.1, 0.15) is 11.9 Å². The number of rotatable bonds is 3. The van der Waals surface area contributed by atoms with Crippen LogP contribution in [0.3, 0.4) is 0 Å². The second kappa shape index (κ2) is 5.54. The Morgan fingerprint density at radius 1 is 1.14 bits per heavy atom. The zero-order chi connectivity index (χ0) is 14.8. The fourth-order valence-electron chi connectivity index (χ4n) is 2.23. The van der Waals surface area contributed by atoms with E-state index in [9.17, 15) is 9.59 Å². The third-order valence-corrected chi connectivity index (χ3v) is 3.43. The number of halogens is 1. The number of nitrogens with zero attached hydrogens (tertiary/aromatic N) is 2. The fourth-order valence-corrected chi connectivity index (χ4v) is 2.34. The van der Waals surface area contributed by atoms with E-state index < -0.39 is 6.04 Å². The summed E-state index contributed by atoms with van der Waals surface area (Å²) in [6, 6.07) is 11.6. The first-order valence-corrected chi connectivity index (χ1v) is 6.83. The maximum atomic E-state index is 12.4. The number of hydrogen-bond donors (Lipinski definition) is 1. The largest absolute Gasteiger partial charge is 0.358 e. The molecular formula is C15H12ClN3O2. The molecule has 2 aromatic rings. The number of pyridine rings is 1. The second-order valence-corrected chi connectivity index (χ2v) is 5.10. The minimum absolute atomic E-state index is 0.109. The highest BCUT2D eigenvalue weighted by atomic mass is 35.5. The second-order valence-electron chi connectivity index (χ2n) is 4.67. The fraction of sp³-hybridized carbons (Fsp3) is 0.133. The van der Waals surface area contributed by atoms with Crippen LogP contribution in [-0.2, 0) is 9.59 Å². The van der Waals surface area contributed by atoms with Gasteiger partial charge in [-0.25, -0.2) is 9.88 Å². The van der Waals surface area contributed by atoms with Gasteiger partial charge in [0, 0.05) is 6.20 Å². The van der Waals surface area contributed by atoms with Gasteiger partial charge in [-0.15, -0.1) is 0 Å². The van der Waals surface area contributed by atoms with E-state index in [0.29, 0.717) is 16.5 Å². The number of benzene rings is 1. The van der Waals surface area contributed by atoms with Gasteiger partial charge in [0.05, 0.1) is 17.1 Å². The number of imide groups is 1. The molecule has 0 spiro atoms. The van der Waals surface area contributed by atoms with Crippen molar-refractivity contribution < 1.29 is 9.59 Å². The molecule has 1 aromatic heterocycles. The summed E-state index contributed by atoms with van der Waals surface area (Å²) in [4.78, 5) is 29.7. The van der Waals surface area contributed by atoms with Crippen LogP contribution in [0.4, 0.5) is 11.5 Å². The summed E-state index contributed by atoms with van der Waals surface area (Å²) in [5.41, 5.74) is 0.584. The van der Waals surface area contributed by atoms with E-state index in [-0.39, 0.29) is 18.2 Å². The van der Waals surface area contributed by atoms with Crippen LogP contribution in [0.1, 0.15) is 6.42 Å². The Morgan fingerprint density at radius 3 is 2.57 bits per heavy atom. The van der Waals surface area contributed by atoms with Gasteiger partial charge in [-0.3, -0.25) is 9.59 Å². The van der Waals surface area contributed by atoms with E-state index in [1.54, 1.807) is 36.4 Å². The number of nitrogens with one attached hydrogen (secondary N) is 1. The standard InChI is InChI=1S/C15H12ClN3O2/c16-10-6-7-13(17-9-10)18-12-8-14(20)19(15(12)21)11-4-2-1-3-5-11/h1-7,9,12H,8H2,(H,17,18). The monoisotopic (exact) mass is 301 g/mol. The summed E-state index contributed by atoms with van der Waals surface area (Å²) in [5, 5.41) is 3.48. The summed E-state index contributed by atoms with van der Waals surface area (Å²) in [7, 11) is 0. The average molecular weight is 302 g/mol. The predicted molar refractivity (Wildman–Crippen MR) is 80.2 cm³/mol. The molecule has 1 saturated heterocycles. The molecule has 2 amide bonds. The Labute approximate surface area is 126 Å². The number of anilines is 2. The van der Waals surface area contributed by atoms with Gasteiger partial charge in [-0.1, -0.05) is 29.8 Å². The van der Waals surface area contributed by atoms with Crippen LogP contribution in [0.2, 0.25) is 5.02 Å². The van der Waals surface area contributed by atoms with E-state index in [0.717, 1.165) is 0 Å². The zero-order valence-corrected chi connectivity index (χ0v) is 11.7. The molecule has 1 unspecified atom stereocenters.